The molecular formula is C110H86BBr4Cl7IN7O8Si. The van der Waals surface area contributed by atoms with Crippen molar-refractivity contribution in [2.75, 3.05) is 6.61 Å². The minimum absolute atomic E-state index is 0.0708. The van der Waals surface area contributed by atoms with E-state index in [1.165, 1.54) is 87.6 Å². The second kappa shape index (κ2) is 43.7. The molecule has 1 aliphatic heterocycles. The molecule has 2 aromatic heterocycles. The third-order valence-corrected chi connectivity index (χ3v) is 30.9. The number of nitriles is 1. The van der Waals surface area contributed by atoms with Gasteiger partial charge >= 0.3 is 13.1 Å². The van der Waals surface area contributed by atoms with Gasteiger partial charge in [0.15, 0.2) is 29.7 Å². The zero-order valence-electron chi connectivity index (χ0n) is 76.1. The first kappa shape index (κ1) is 102. The van der Waals surface area contributed by atoms with Gasteiger partial charge in [0.1, 0.15) is 17.5 Å². The van der Waals surface area contributed by atoms with E-state index in [9.17, 15) is 19.5 Å². The smallest absolute Gasteiger partial charge is 0.476 e. The Balaban J connectivity index is 0.000000118. The Bertz CT molecular complexity index is 7510. The fourth-order valence-electron chi connectivity index (χ4n) is 17.1. The molecule has 0 spiro atoms. The molecule has 3 N–H and O–H groups in total. The number of hydrogen-bond acceptors (Lipinski definition) is 12. The number of rotatable bonds is 10. The number of fused-ring (bicyclic) bond motifs is 18. The summed E-state index contributed by atoms with van der Waals surface area (Å²) in [4.78, 5) is 36.9. The lowest BCUT2D eigenvalue weighted by atomic mass is 9.78. The lowest BCUT2D eigenvalue weighted by molar-refractivity contribution is 0.00578. The molecule has 15 nitrogen and oxygen atoms in total. The van der Waals surface area contributed by atoms with Gasteiger partial charge in [0.25, 0.3) is 0 Å². The SMILES string of the molecule is Brc1ccc(I)cc1.CC(=O)c1nn(COCC[Si](C)(C)C)nc1-c1ccc2c(c1)Cc1ccc(Cl)cc1-2.CC1(C)OB(c2ccc3c(c2)Cc2ccc(Cl)cc2-3)OC1(C)C.Clc1ccc2c(c1)-c1ccc(Br)cc1C2.N#Cc1ccc(Cl)cc1.O=C(O)c1n[nH]nc1-c1ccc2c(c1)Cc1ccc(Cl)cc1-2.O=C1c2cc(Br)ccc2-c2cc(Cl)ccc21.OC1c2ccc(Cl)cc2-c2ccc(Br)cc21. The van der Waals surface area contributed by atoms with E-state index in [-0.39, 0.29) is 42.3 Å². The number of aromatic amines is 1. The van der Waals surface area contributed by atoms with Gasteiger partial charge in [-0.15, -0.1) is 10.2 Å². The predicted molar refractivity (Wildman–Crippen MR) is 587 cm³/mol. The average molecular weight is 2370 g/mol. The van der Waals surface area contributed by atoms with Gasteiger partial charge in [0.05, 0.1) is 22.8 Å². The third-order valence-electron chi connectivity index (χ3n) is 24.8. The van der Waals surface area contributed by atoms with Crippen LogP contribution in [-0.4, -0.2) is 91.2 Å². The molecule has 0 amide bonds. The number of aliphatic hydroxyl groups is 1. The Morgan fingerprint density at radius 3 is 1.39 bits per heavy atom. The van der Waals surface area contributed by atoms with Crippen LogP contribution in [0.25, 0.3) is 89.3 Å². The quantitative estimate of drug-likeness (QED) is 0.0503. The summed E-state index contributed by atoms with van der Waals surface area (Å²) in [6.45, 7) is 17.7. The lowest BCUT2D eigenvalue weighted by Crippen LogP contribution is -2.41. The summed E-state index contributed by atoms with van der Waals surface area (Å²) in [7, 11) is -1.46. The number of aromatic carboxylic acids is 1. The van der Waals surface area contributed by atoms with E-state index >= 15 is 0 Å². The van der Waals surface area contributed by atoms with Crippen molar-refractivity contribution >= 4 is 206 Å². The summed E-state index contributed by atoms with van der Waals surface area (Å²) in [5.41, 5.74) is 31.3. The predicted octanol–water partition coefficient (Wildman–Crippen LogP) is 31.7. The molecule has 6 aliphatic carbocycles. The molecule has 0 radical (unpaired) electrons. The number of nitrogens with one attached hydrogen (secondary N) is 1. The minimum Gasteiger partial charge on any atom is -0.476 e. The molecule has 16 aromatic rings. The first-order chi connectivity index (χ1) is 66.3. The molecule has 1 unspecified atom stereocenters. The molecule has 23 rings (SSSR count). The first-order valence-corrected chi connectivity index (χ1v) is 54.8. The van der Waals surface area contributed by atoms with Gasteiger partial charge in [-0.05, 0) is 386 Å². The molecule has 14 aromatic carbocycles. The van der Waals surface area contributed by atoms with Gasteiger partial charge in [0.2, 0.25) is 0 Å². The number of carboxylic acid groups (broad SMARTS) is 1. The van der Waals surface area contributed by atoms with Crippen LogP contribution >= 0.6 is 168 Å². The number of carbonyl (C=O) groups excluding carboxylic acids is 2. The van der Waals surface area contributed by atoms with Crippen molar-refractivity contribution in [1.82, 2.24) is 30.4 Å². The number of H-pyrrole nitrogens is 1. The van der Waals surface area contributed by atoms with Crippen molar-refractivity contribution < 1.29 is 38.6 Å². The number of ketones is 2. The standard InChI is InChI=1S/C23H26ClN3O2Si.C19H20BClO2.C16H10ClN3O2.C13H8BrClO.C13H6BrClO.C13H8BrCl.C7H4ClN.C6H4BrI/c1-15(28)22-23(26-27(25-22)14-29-9-10-30(2,3)4)17-6-8-20-18(12-17)11-16-5-7-19(24)13-21(16)20;1-18(2)19(3,4)23-20(22-18)14-6-8-16-13(10-14)9-12-5-7-15(21)11-17(12)16;17-11-3-1-8-5-10-6-9(2-4-12(10)13(8)7-11)14-15(16(21)22)19-20-18-14;2*14-7-1-3-9-11-6-8(15)2-4-10(11)13(16)12(9)5-7;14-10-2-4-12-9(6-10)5-8-1-3-11(15)7-13(8)12;8-7-3-1-6(5-9)2-4-7;7-5-1-3-6(8)4-2-5/h5-8,12-13H,9-11,14H2,1-4H3;5-8,10-11H,9H2,1-4H3;1-4,6-7H,5H2,(H,21,22)(H,18,19,20);1-6,13,16H;1-6H;1-4,6-7H,5H2;1-4H;1-4H. The third kappa shape index (κ3) is 23.9. The lowest BCUT2D eigenvalue weighted by Gasteiger charge is -2.32. The van der Waals surface area contributed by atoms with Crippen molar-refractivity contribution in [2.24, 2.45) is 0 Å². The number of hydrogen-bond donors (Lipinski definition) is 3. The largest absolute Gasteiger partial charge is 0.494 e. The first-order valence-electron chi connectivity index (χ1n) is 44.1. The number of halogens is 12. The van der Waals surface area contributed by atoms with E-state index in [2.05, 4.69) is 250 Å². The monoisotopic (exact) mass is 2360 g/mol. The van der Waals surface area contributed by atoms with Crippen molar-refractivity contribution in [3.05, 3.63) is 407 Å². The van der Waals surface area contributed by atoms with Crippen molar-refractivity contribution in [3.8, 4) is 95.3 Å². The maximum absolute atomic E-state index is 12.2. The van der Waals surface area contributed by atoms with Crippen LogP contribution in [0.5, 0.6) is 0 Å². The number of aromatic nitrogens is 6. The number of nitrogens with zero attached hydrogens (tertiary/aromatic N) is 6. The second-order valence-electron chi connectivity index (χ2n) is 36.1. The highest BCUT2D eigenvalue weighted by Gasteiger charge is 2.52. The van der Waals surface area contributed by atoms with Crippen LogP contribution in [0.4, 0.5) is 0 Å². The van der Waals surface area contributed by atoms with Gasteiger partial charge in [-0.1, -0.05) is 256 Å². The summed E-state index contributed by atoms with van der Waals surface area (Å²) in [6, 6.07) is 89.7. The number of Topliss-reactive ketones (excluding diaryl/α,β-unsaturated/α-hetero) is 1. The molecule has 1 atom stereocenters. The number of carboxylic acids is 1. The minimum atomic E-state index is -1.15. The van der Waals surface area contributed by atoms with E-state index in [0.29, 0.717) is 49.3 Å². The highest BCUT2D eigenvalue weighted by Crippen LogP contribution is 2.49. The van der Waals surface area contributed by atoms with E-state index in [1.54, 1.807) is 36.4 Å². The Labute approximate surface area is 890 Å². The van der Waals surface area contributed by atoms with Crippen LogP contribution in [0, 0.1) is 14.9 Å². The van der Waals surface area contributed by atoms with E-state index in [0.717, 1.165) is 142 Å². The summed E-state index contributed by atoms with van der Waals surface area (Å²) < 4.78 is 23.5. The molecule has 0 saturated carbocycles. The van der Waals surface area contributed by atoms with Crippen LogP contribution in [0.3, 0.4) is 0 Å². The van der Waals surface area contributed by atoms with Crippen LogP contribution in [0.1, 0.15) is 139 Å². The number of aliphatic hydroxyl groups excluding tert-OH is 1. The van der Waals surface area contributed by atoms with E-state index in [4.69, 9.17) is 106 Å². The van der Waals surface area contributed by atoms with Crippen molar-refractivity contribution in [1.29, 1.82) is 5.26 Å². The van der Waals surface area contributed by atoms with Crippen molar-refractivity contribution in [2.45, 2.75) is 110 Å². The Kier molecular flexibility index (Phi) is 32.2. The van der Waals surface area contributed by atoms with Gasteiger partial charge in [-0.25, -0.2) is 4.79 Å². The normalized spacial score (nSPS) is 13.9. The van der Waals surface area contributed by atoms with Crippen LogP contribution in [0.2, 0.25) is 60.8 Å². The summed E-state index contributed by atoms with van der Waals surface area (Å²) in [5, 5.41) is 51.7. The highest BCUT2D eigenvalue weighted by molar-refractivity contribution is 14.1. The van der Waals surface area contributed by atoms with E-state index in [1.807, 2.05) is 146 Å². The number of ether oxygens (including phenoxy) is 1. The van der Waals surface area contributed by atoms with Crippen molar-refractivity contribution in [3.63, 3.8) is 0 Å². The maximum atomic E-state index is 12.2. The maximum Gasteiger partial charge on any atom is 0.494 e. The van der Waals surface area contributed by atoms with Crippen LogP contribution in [-0.2, 0) is 46.5 Å². The Hall–Kier alpha value is -9.54. The van der Waals surface area contributed by atoms with Gasteiger partial charge in [0, 0.05) is 100 Å². The molecule has 139 heavy (non-hydrogen) atoms. The summed E-state index contributed by atoms with van der Waals surface area (Å²) >= 11 is 57.8. The molecular weight excluding hydrogens is 2280 g/mol. The fraction of sp³-hybridized carbons (Fsp3) is 0.164. The molecule has 29 heteroatoms. The Morgan fingerprint density at radius 2 is 0.885 bits per heavy atom. The molecule has 1 saturated heterocycles. The Morgan fingerprint density at radius 1 is 0.460 bits per heavy atom. The van der Waals surface area contributed by atoms with Crippen LogP contribution < -0.4 is 5.46 Å². The molecule has 700 valence electrons. The highest BCUT2D eigenvalue weighted by atomic mass is 127. The second-order valence-corrected chi connectivity index (χ2v) is 49.7. The summed E-state index contributed by atoms with van der Waals surface area (Å²) in [5.74, 6) is -1.13. The molecule has 3 heterocycles. The van der Waals surface area contributed by atoms with Crippen LogP contribution in [0.15, 0.2) is 285 Å². The number of benzene rings is 14. The topological polar surface area (TPSA) is 215 Å². The molecule has 1 fully saturated rings. The molecule has 0 bridgehead atoms. The van der Waals surface area contributed by atoms with Gasteiger partial charge < -0.3 is 24.3 Å². The van der Waals surface area contributed by atoms with Gasteiger partial charge in [-0.3, -0.25) is 9.59 Å². The van der Waals surface area contributed by atoms with E-state index < -0.39 is 20.1 Å². The zero-order valence-corrected chi connectivity index (χ0v) is 90.9. The van der Waals surface area contributed by atoms with Gasteiger partial charge in [-0.2, -0.15) is 25.5 Å². The zero-order chi connectivity index (χ0) is 98.8. The average Bonchev–Trinajstić information content (AvgIpc) is 1.59. The fourth-order valence-corrected chi connectivity index (χ4v) is 20.8. The summed E-state index contributed by atoms with van der Waals surface area (Å²) in [6.07, 6.45) is 3.06. The number of carbonyl (C=O) groups is 3. The molecule has 7 aliphatic rings.